The zero-order chi connectivity index (χ0) is 14.4. The summed E-state index contributed by atoms with van der Waals surface area (Å²) >= 11 is 0. The fraction of sp³-hybridized carbons (Fsp3) is 0.615. The van der Waals surface area contributed by atoms with E-state index < -0.39 is 0 Å². The number of nitrogens with one attached hydrogen (secondary N) is 1. The van der Waals surface area contributed by atoms with Crippen LogP contribution in [0.3, 0.4) is 0 Å². The lowest BCUT2D eigenvalue weighted by molar-refractivity contribution is -0.130. The molecule has 0 aliphatic heterocycles. The molecule has 6 nitrogen and oxygen atoms in total. The van der Waals surface area contributed by atoms with Crippen LogP contribution in [0, 0.1) is 0 Å². The molecule has 6 heteroatoms. The van der Waals surface area contributed by atoms with Gasteiger partial charge in [0.05, 0.1) is 6.10 Å². The molecule has 0 bridgehead atoms. The molecule has 0 spiro atoms. The van der Waals surface area contributed by atoms with Gasteiger partial charge in [0.2, 0.25) is 11.8 Å². The highest BCUT2D eigenvalue weighted by molar-refractivity contribution is 5.83. The lowest BCUT2D eigenvalue weighted by atomic mass is 10.3. The second-order valence-electron chi connectivity index (χ2n) is 4.63. The molecule has 106 valence electrons. The smallest absolute Gasteiger partial charge is 0.244 e. The van der Waals surface area contributed by atoms with Crippen LogP contribution in [-0.2, 0) is 4.79 Å². The number of likely N-dealkylation sites (N-methyl/N-ethyl adjacent to an activating group) is 1. The van der Waals surface area contributed by atoms with E-state index in [0.29, 0.717) is 18.2 Å². The lowest BCUT2D eigenvalue weighted by Gasteiger charge is -2.21. The maximum Gasteiger partial charge on any atom is 0.244 e. The summed E-state index contributed by atoms with van der Waals surface area (Å²) in [6, 6.07) is 1.35. The first kappa shape index (κ1) is 15.2. The van der Waals surface area contributed by atoms with E-state index in [1.165, 1.54) is 6.33 Å². The number of aromatic nitrogens is 2. The van der Waals surface area contributed by atoms with Gasteiger partial charge in [0, 0.05) is 19.7 Å². The van der Waals surface area contributed by atoms with Crippen LogP contribution in [0.4, 0.5) is 5.82 Å². The summed E-state index contributed by atoms with van der Waals surface area (Å²) in [7, 11) is 1.77. The van der Waals surface area contributed by atoms with Crippen molar-refractivity contribution in [2.75, 3.05) is 18.9 Å². The van der Waals surface area contributed by atoms with Crippen molar-refractivity contribution in [3.8, 4) is 5.88 Å². The average molecular weight is 266 g/mol. The van der Waals surface area contributed by atoms with Gasteiger partial charge in [-0.15, -0.1) is 0 Å². The molecule has 0 aliphatic rings. The van der Waals surface area contributed by atoms with Crippen LogP contribution in [0.2, 0.25) is 0 Å². The Morgan fingerprint density at radius 3 is 2.68 bits per heavy atom. The van der Waals surface area contributed by atoms with E-state index >= 15 is 0 Å². The number of hydrogen-bond donors (Lipinski definition) is 1. The third-order valence-electron chi connectivity index (χ3n) is 2.58. The highest BCUT2D eigenvalue weighted by Crippen LogP contribution is 2.13. The van der Waals surface area contributed by atoms with E-state index in [9.17, 15) is 4.79 Å². The molecule has 1 N–H and O–H groups in total. The normalized spacial score (nSPS) is 12.1. The summed E-state index contributed by atoms with van der Waals surface area (Å²) in [5, 5.41) is 3.05. The van der Waals surface area contributed by atoms with Gasteiger partial charge in [-0.25, -0.2) is 9.97 Å². The topological polar surface area (TPSA) is 67.4 Å². The second-order valence-corrected chi connectivity index (χ2v) is 4.63. The fourth-order valence-electron chi connectivity index (χ4n) is 1.49. The third kappa shape index (κ3) is 4.73. The van der Waals surface area contributed by atoms with Crippen molar-refractivity contribution in [1.29, 1.82) is 0 Å². The zero-order valence-electron chi connectivity index (χ0n) is 12.2. The molecular weight excluding hydrogens is 244 g/mol. The van der Waals surface area contributed by atoms with E-state index in [4.69, 9.17) is 4.74 Å². The average Bonchev–Trinajstić information content (AvgIpc) is 2.36. The number of hydrogen-bond acceptors (Lipinski definition) is 5. The number of ether oxygens (including phenoxy) is 1. The number of amides is 1. The van der Waals surface area contributed by atoms with Crippen LogP contribution in [-0.4, -0.2) is 46.5 Å². The number of nitrogens with zero attached hydrogens (tertiary/aromatic N) is 3. The van der Waals surface area contributed by atoms with Crippen LogP contribution in [0.25, 0.3) is 0 Å². The van der Waals surface area contributed by atoms with Gasteiger partial charge in [0.1, 0.15) is 18.2 Å². The first-order chi connectivity index (χ1) is 8.93. The van der Waals surface area contributed by atoms with E-state index in [0.717, 1.165) is 0 Å². The summed E-state index contributed by atoms with van der Waals surface area (Å²) in [6.07, 6.45) is 1.47. The zero-order valence-corrected chi connectivity index (χ0v) is 12.2. The predicted molar refractivity (Wildman–Crippen MR) is 74.2 cm³/mol. The van der Waals surface area contributed by atoms with Gasteiger partial charge in [0.15, 0.2) is 0 Å². The quantitative estimate of drug-likeness (QED) is 0.846. The van der Waals surface area contributed by atoms with Crippen molar-refractivity contribution in [2.45, 2.75) is 39.8 Å². The van der Waals surface area contributed by atoms with Crippen molar-refractivity contribution in [3.63, 3.8) is 0 Å². The number of carbonyl (C=O) groups is 1. The van der Waals surface area contributed by atoms with Gasteiger partial charge >= 0.3 is 0 Å². The molecule has 0 saturated heterocycles. The van der Waals surface area contributed by atoms with Gasteiger partial charge in [0.25, 0.3) is 0 Å². The number of anilines is 1. The Morgan fingerprint density at radius 1 is 1.42 bits per heavy atom. The van der Waals surface area contributed by atoms with Crippen molar-refractivity contribution < 1.29 is 9.53 Å². The van der Waals surface area contributed by atoms with E-state index in [1.807, 2.05) is 20.8 Å². The monoisotopic (exact) mass is 266 g/mol. The Bertz CT molecular complexity index is 423. The van der Waals surface area contributed by atoms with Crippen molar-refractivity contribution in [1.82, 2.24) is 14.9 Å². The molecule has 1 rings (SSSR count). The SMILES string of the molecule is CCN(C)C(=O)C(C)Nc1cc(OC(C)C)ncn1. The van der Waals surface area contributed by atoms with Crippen LogP contribution < -0.4 is 10.1 Å². The lowest BCUT2D eigenvalue weighted by Crippen LogP contribution is -2.39. The molecule has 0 saturated carbocycles. The highest BCUT2D eigenvalue weighted by atomic mass is 16.5. The molecule has 19 heavy (non-hydrogen) atoms. The van der Waals surface area contributed by atoms with Crippen molar-refractivity contribution >= 4 is 11.7 Å². The molecule has 1 aromatic heterocycles. The molecular formula is C13H22N4O2. The van der Waals surface area contributed by atoms with Crippen LogP contribution in [0.1, 0.15) is 27.7 Å². The van der Waals surface area contributed by atoms with Crippen LogP contribution in [0.5, 0.6) is 5.88 Å². The summed E-state index contributed by atoms with van der Waals surface area (Å²) in [4.78, 5) is 21.7. The molecule has 0 fully saturated rings. The van der Waals surface area contributed by atoms with Crippen molar-refractivity contribution in [3.05, 3.63) is 12.4 Å². The van der Waals surface area contributed by atoms with Gasteiger partial charge in [-0.3, -0.25) is 4.79 Å². The predicted octanol–water partition coefficient (Wildman–Crippen LogP) is 1.54. The summed E-state index contributed by atoms with van der Waals surface area (Å²) in [5.74, 6) is 1.10. The van der Waals surface area contributed by atoms with Gasteiger partial charge in [-0.1, -0.05) is 0 Å². The minimum Gasteiger partial charge on any atom is -0.475 e. The van der Waals surface area contributed by atoms with Crippen molar-refractivity contribution in [2.24, 2.45) is 0 Å². The molecule has 0 aliphatic carbocycles. The second kappa shape index (κ2) is 6.92. The first-order valence-electron chi connectivity index (χ1n) is 6.44. The molecule has 0 aromatic carbocycles. The van der Waals surface area contributed by atoms with Crippen LogP contribution in [0.15, 0.2) is 12.4 Å². The molecule has 0 radical (unpaired) electrons. The van der Waals surface area contributed by atoms with E-state index in [-0.39, 0.29) is 18.1 Å². The summed E-state index contributed by atoms with van der Waals surface area (Å²) in [5.41, 5.74) is 0. The van der Waals surface area contributed by atoms with Gasteiger partial charge in [-0.2, -0.15) is 0 Å². The van der Waals surface area contributed by atoms with E-state index in [1.54, 1.807) is 24.9 Å². The van der Waals surface area contributed by atoms with Gasteiger partial charge in [-0.05, 0) is 27.7 Å². The number of rotatable bonds is 6. The van der Waals surface area contributed by atoms with E-state index in [2.05, 4.69) is 15.3 Å². The molecule has 1 heterocycles. The number of carbonyl (C=O) groups excluding carboxylic acids is 1. The Morgan fingerprint density at radius 2 is 2.11 bits per heavy atom. The minimum absolute atomic E-state index is 0.0208. The third-order valence-corrected chi connectivity index (χ3v) is 2.58. The Labute approximate surface area is 114 Å². The highest BCUT2D eigenvalue weighted by Gasteiger charge is 2.16. The fourth-order valence-corrected chi connectivity index (χ4v) is 1.49. The van der Waals surface area contributed by atoms with Gasteiger partial charge < -0.3 is 15.0 Å². The standard InChI is InChI=1S/C13H22N4O2/c1-6-17(5)13(18)10(4)16-11-7-12(15-8-14-11)19-9(2)3/h7-10H,6H2,1-5H3,(H,14,15,16). The maximum absolute atomic E-state index is 11.9. The molecule has 1 amide bonds. The minimum atomic E-state index is -0.341. The Balaban J connectivity index is 2.68. The Hall–Kier alpha value is -1.85. The largest absolute Gasteiger partial charge is 0.475 e. The Kier molecular flexibility index (Phi) is 5.54. The molecule has 1 aromatic rings. The summed E-state index contributed by atoms with van der Waals surface area (Å²) < 4.78 is 5.48. The molecule has 1 atom stereocenters. The van der Waals surface area contributed by atoms with Crippen LogP contribution >= 0.6 is 0 Å². The summed E-state index contributed by atoms with van der Waals surface area (Å²) in [6.45, 7) is 8.27. The maximum atomic E-state index is 11.9. The first-order valence-corrected chi connectivity index (χ1v) is 6.44. The molecule has 1 unspecified atom stereocenters.